The molecule has 5 rings (SSSR count). The van der Waals surface area contributed by atoms with Gasteiger partial charge in [0.15, 0.2) is 0 Å². The SMILES string of the molecule is C[C@H]1CC[C@H](Nc2ncc(-c3ccc4scnc4c3)c(O[C@@H]3CCOC3)n2)CC1. The van der Waals surface area contributed by atoms with Crippen molar-refractivity contribution in [3.8, 4) is 17.0 Å². The highest BCUT2D eigenvalue weighted by molar-refractivity contribution is 7.16. The zero-order valence-corrected chi connectivity index (χ0v) is 17.5. The molecular formula is C22H26N4O2S. The van der Waals surface area contributed by atoms with Gasteiger partial charge in [-0.1, -0.05) is 13.0 Å². The third-order valence-corrected chi connectivity index (χ3v) is 6.72. The van der Waals surface area contributed by atoms with Crippen molar-refractivity contribution in [2.45, 2.75) is 51.2 Å². The first kappa shape index (κ1) is 18.8. The zero-order chi connectivity index (χ0) is 19.6. The second-order valence-corrected chi connectivity index (χ2v) is 9.04. The van der Waals surface area contributed by atoms with Crippen LogP contribution in [0, 0.1) is 5.92 Å². The van der Waals surface area contributed by atoms with Crippen molar-refractivity contribution in [1.29, 1.82) is 0 Å². The van der Waals surface area contributed by atoms with E-state index in [1.807, 2.05) is 11.7 Å². The Kier molecular flexibility index (Phi) is 5.33. The van der Waals surface area contributed by atoms with Crippen LogP contribution in [0.2, 0.25) is 0 Å². The highest BCUT2D eigenvalue weighted by Crippen LogP contribution is 2.33. The molecule has 0 unspecified atom stereocenters. The van der Waals surface area contributed by atoms with Crippen LogP contribution in [-0.4, -0.2) is 40.3 Å². The fraction of sp³-hybridized carbons (Fsp3) is 0.500. The summed E-state index contributed by atoms with van der Waals surface area (Å²) < 4.78 is 12.9. The number of aromatic nitrogens is 3. The maximum Gasteiger partial charge on any atom is 0.226 e. The van der Waals surface area contributed by atoms with Crippen molar-refractivity contribution in [2.75, 3.05) is 18.5 Å². The van der Waals surface area contributed by atoms with Gasteiger partial charge in [-0.15, -0.1) is 11.3 Å². The highest BCUT2D eigenvalue weighted by Gasteiger charge is 2.23. The van der Waals surface area contributed by atoms with E-state index >= 15 is 0 Å². The number of nitrogens with zero attached hydrogens (tertiary/aromatic N) is 3. The van der Waals surface area contributed by atoms with E-state index in [9.17, 15) is 0 Å². The van der Waals surface area contributed by atoms with Crippen LogP contribution in [0.3, 0.4) is 0 Å². The van der Waals surface area contributed by atoms with E-state index in [4.69, 9.17) is 14.5 Å². The molecule has 0 bridgehead atoms. The van der Waals surface area contributed by atoms with Gasteiger partial charge in [-0.3, -0.25) is 0 Å². The Morgan fingerprint density at radius 2 is 2.03 bits per heavy atom. The summed E-state index contributed by atoms with van der Waals surface area (Å²) >= 11 is 1.64. The first-order valence-electron chi connectivity index (χ1n) is 10.5. The van der Waals surface area contributed by atoms with Crippen molar-refractivity contribution >= 4 is 27.5 Å². The second kappa shape index (κ2) is 8.24. The van der Waals surface area contributed by atoms with E-state index in [2.05, 4.69) is 40.4 Å². The maximum absolute atomic E-state index is 6.27. The standard InChI is InChI=1S/C22H26N4O2S/c1-14-2-5-16(6-3-14)25-22-23-11-18(21(26-22)28-17-8-9-27-12-17)15-4-7-20-19(10-15)24-13-29-20/h4,7,10-11,13-14,16-17H,2-3,5-6,8-9,12H2,1H3,(H,23,25,26)/t14-,16-,17-/m1/s1. The van der Waals surface area contributed by atoms with Gasteiger partial charge in [-0.05, 0) is 49.3 Å². The molecule has 152 valence electrons. The van der Waals surface area contributed by atoms with Gasteiger partial charge >= 0.3 is 0 Å². The number of ether oxygens (including phenoxy) is 2. The number of rotatable bonds is 5. The van der Waals surface area contributed by atoms with Crippen LogP contribution >= 0.6 is 11.3 Å². The van der Waals surface area contributed by atoms with Gasteiger partial charge in [0.25, 0.3) is 0 Å². The number of hydrogen-bond acceptors (Lipinski definition) is 7. The zero-order valence-electron chi connectivity index (χ0n) is 16.6. The first-order valence-corrected chi connectivity index (χ1v) is 11.3. The summed E-state index contributed by atoms with van der Waals surface area (Å²) in [5.41, 5.74) is 4.78. The van der Waals surface area contributed by atoms with E-state index in [-0.39, 0.29) is 6.10 Å². The van der Waals surface area contributed by atoms with Crippen molar-refractivity contribution in [2.24, 2.45) is 5.92 Å². The smallest absolute Gasteiger partial charge is 0.226 e. The minimum atomic E-state index is 0.0371. The average Bonchev–Trinajstić information content (AvgIpc) is 3.41. The van der Waals surface area contributed by atoms with E-state index in [0.29, 0.717) is 24.5 Å². The summed E-state index contributed by atoms with van der Waals surface area (Å²) in [5, 5.41) is 3.53. The first-order chi connectivity index (χ1) is 14.2. The summed E-state index contributed by atoms with van der Waals surface area (Å²) in [5.74, 6) is 2.09. The molecule has 2 aromatic heterocycles. The predicted octanol–water partition coefficient (Wildman–Crippen LogP) is 4.91. The molecule has 2 aliphatic rings. The molecule has 1 saturated carbocycles. The molecule has 1 N–H and O–H groups in total. The van der Waals surface area contributed by atoms with Crippen LogP contribution in [0.4, 0.5) is 5.95 Å². The van der Waals surface area contributed by atoms with Crippen LogP contribution in [0.5, 0.6) is 5.88 Å². The van der Waals surface area contributed by atoms with Gasteiger partial charge in [0.2, 0.25) is 11.8 Å². The molecule has 2 fully saturated rings. The van der Waals surface area contributed by atoms with Crippen LogP contribution < -0.4 is 10.1 Å². The predicted molar refractivity (Wildman–Crippen MR) is 116 cm³/mol. The van der Waals surface area contributed by atoms with Crippen LogP contribution in [0.25, 0.3) is 21.3 Å². The largest absolute Gasteiger partial charge is 0.471 e. The van der Waals surface area contributed by atoms with Gasteiger partial charge in [0.05, 0.1) is 34.5 Å². The highest BCUT2D eigenvalue weighted by atomic mass is 32.1. The fourth-order valence-electron chi connectivity index (χ4n) is 4.10. The Labute approximate surface area is 174 Å². The van der Waals surface area contributed by atoms with Crippen molar-refractivity contribution < 1.29 is 9.47 Å². The molecule has 29 heavy (non-hydrogen) atoms. The van der Waals surface area contributed by atoms with Crippen molar-refractivity contribution in [3.05, 3.63) is 29.9 Å². The van der Waals surface area contributed by atoms with Crippen LogP contribution in [0.15, 0.2) is 29.9 Å². The number of hydrogen-bond donors (Lipinski definition) is 1. The second-order valence-electron chi connectivity index (χ2n) is 8.15. The quantitative estimate of drug-likeness (QED) is 0.644. The number of thiazole rings is 1. The topological polar surface area (TPSA) is 69.2 Å². The minimum Gasteiger partial charge on any atom is -0.471 e. The summed E-state index contributed by atoms with van der Waals surface area (Å²) in [6.07, 6.45) is 7.64. The number of benzene rings is 1. The Morgan fingerprint density at radius 3 is 2.86 bits per heavy atom. The average molecular weight is 411 g/mol. The van der Waals surface area contributed by atoms with Gasteiger partial charge in [0, 0.05) is 18.7 Å². The molecule has 1 aliphatic heterocycles. The van der Waals surface area contributed by atoms with E-state index in [1.54, 1.807) is 11.3 Å². The number of anilines is 1. The Balaban J connectivity index is 1.44. The van der Waals surface area contributed by atoms with E-state index in [1.165, 1.54) is 30.4 Å². The molecule has 3 aromatic rings. The molecule has 1 aromatic carbocycles. The van der Waals surface area contributed by atoms with Crippen molar-refractivity contribution in [3.63, 3.8) is 0 Å². The van der Waals surface area contributed by atoms with E-state index in [0.717, 1.165) is 35.6 Å². The molecule has 6 nitrogen and oxygen atoms in total. The molecule has 0 radical (unpaired) electrons. The van der Waals surface area contributed by atoms with Crippen LogP contribution in [-0.2, 0) is 4.74 Å². The van der Waals surface area contributed by atoms with Crippen LogP contribution in [0.1, 0.15) is 39.0 Å². The summed E-state index contributed by atoms with van der Waals surface area (Å²) in [7, 11) is 0. The van der Waals surface area contributed by atoms with Gasteiger partial charge in [-0.25, -0.2) is 9.97 Å². The lowest BCUT2D eigenvalue weighted by atomic mass is 9.87. The molecule has 1 saturated heterocycles. The van der Waals surface area contributed by atoms with Gasteiger partial charge < -0.3 is 14.8 Å². The minimum absolute atomic E-state index is 0.0371. The summed E-state index contributed by atoms with van der Waals surface area (Å²) in [4.78, 5) is 13.8. The monoisotopic (exact) mass is 410 g/mol. The Morgan fingerprint density at radius 1 is 1.14 bits per heavy atom. The summed E-state index contributed by atoms with van der Waals surface area (Å²) in [6.45, 7) is 3.68. The van der Waals surface area contributed by atoms with E-state index < -0.39 is 0 Å². The Hall–Kier alpha value is -2.25. The molecule has 1 atom stereocenters. The lowest BCUT2D eigenvalue weighted by Gasteiger charge is -2.27. The van der Waals surface area contributed by atoms with Crippen molar-refractivity contribution in [1.82, 2.24) is 15.0 Å². The fourth-order valence-corrected chi connectivity index (χ4v) is 4.76. The number of nitrogens with one attached hydrogen (secondary N) is 1. The molecule has 0 spiro atoms. The third-order valence-electron chi connectivity index (χ3n) is 5.91. The normalized spacial score (nSPS) is 24.7. The molecule has 0 amide bonds. The van der Waals surface area contributed by atoms with Gasteiger partial charge in [0.1, 0.15) is 6.10 Å². The lowest BCUT2D eigenvalue weighted by molar-refractivity contribution is 0.138. The maximum atomic E-state index is 6.27. The molecule has 7 heteroatoms. The van der Waals surface area contributed by atoms with Gasteiger partial charge in [-0.2, -0.15) is 4.98 Å². The molecular weight excluding hydrogens is 384 g/mol. The number of fused-ring (bicyclic) bond motifs is 1. The molecule has 1 aliphatic carbocycles. The third kappa shape index (κ3) is 4.21. The molecule has 3 heterocycles. The summed E-state index contributed by atoms with van der Waals surface area (Å²) in [6, 6.07) is 6.71. The lowest BCUT2D eigenvalue weighted by Crippen LogP contribution is -2.26. The Bertz CT molecular complexity index is 978.